The maximum absolute atomic E-state index is 12.9. The molecule has 6 heteroatoms. The standard InChI is InChI=1S/C21H22ClN3O2/c1-5-8-27-21-19(20(26)23-15-7-6-12(2)16(22)11-15)24-17-9-13(3)14(4)10-18(17)25-21/h6-7,9-11H,5,8H2,1-4H3,(H,23,26). The average molecular weight is 384 g/mol. The molecule has 0 unspecified atom stereocenters. The third-order valence-electron chi connectivity index (χ3n) is 4.34. The lowest BCUT2D eigenvalue weighted by molar-refractivity contribution is 0.101. The zero-order valence-electron chi connectivity index (χ0n) is 15.9. The number of ether oxygens (including phenoxy) is 1. The molecule has 0 aliphatic rings. The fourth-order valence-electron chi connectivity index (χ4n) is 2.60. The van der Waals surface area contributed by atoms with Crippen LogP contribution in [-0.4, -0.2) is 22.5 Å². The Labute approximate surface area is 163 Å². The fraction of sp³-hybridized carbons (Fsp3) is 0.286. The molecule has 2 aromatic carbocycles. The van der Waals surface area contributed by atoms with Crippen molar-refractivity contribution in [2.75, 3.05) is 11.9 Å². The normalized spacial score (nSPS) is 10.9. The molecule has 0 bridgehead atoms. The molecule has 0 fully saturated rings. The summed E-state index contributed by atoms with van der Waals surface area (Å²) in [4.78, 5) is 21.9. The van der Waals surface area contributed by atoms with Crippen LogP contribution in [0.1, 0.15) is 40.5 Å². The number of fused-ring (bicyclic) bond motifs is 1. The highest BCUT2D eigenvalue weighted by molar-refractivity contribution is 6.31. The van der Waals surface area contributed by atoms with Crippen LogP contribution in [0.3, 0.4) is 0 Å². The van der Waals surface area contributed by atoms with Crippen molar-refractivity contribution in [3.63, 3.8) is 0 Å². The molecule has 3 aromatic rings. The van der Waals surface area contributed by atoms with Crippen molar-refractivity contribution in [3.05, 3.63) is 57.7 Å². The van der Waals surface area contributed by atoms with Gasteiger partial charge in [0.1, 0.15) is 0 Å². The first-order valence-electron chi connectivity index (χ1n) is 8.88. The Morgan fingerprint density at radius 1 is 1.04 bits per heavy atom. The van der Waals surface area contributed by atoms with Gasteiger partial charge in [0.25, 0.3) is 5.91 Å². The molecule has 0 aliphatic heterocycles. The molecule has 0 spiro atoms. The second-order valence-corrected chi connectivity index (χ2v) is 6.98. The zero-order valence-corrected chi connectivity index (χ0v) is 16.6. The predicted octanol–water partition coefficient (Wildman–Crippen LogP) is 5.25. The summed E-state index contributed by atoms with van der Waals surface area (Å²) >= 11 is 6.15. The van der Waals surface area contributed by atoms with Gasteiger partial charge in [-0.2, -0.15) is 0 Å². The molecule has 0 radical (unpaired) electrons. The molecule has 0 saturated carbocycles. The molecule has 1 N–H and O–H groups in total. The Bertz CT molecular complexity index is 1020. The minimum Gasteiger partial charge on any atom is -0.476 e. The summed E-state index contributed by atoms with van der Waals surface area (Å²) < 4.78 is 5.71. The summed E-state index contributed by atoms with van der Waals surface area (Å²) in [5.41, 5.74) is 5.28. The van der Waals surface area contributed by atoms with E-state index in [0.29, 0.717) is 28.4 Å². The number of carbonyl (C=O) groups is 1. The SMILES string of the molecule is CCCOc1nc2cc(C)c(C)cc2nc1C(=O)Nc1ccc(C)c(Cl)c1. The molecule has 0 aliphatic carbocycles. The summed E-state index contributed by atoms with van der Waals surface area (Å²) in [5, 5.41) is 3.42. The molecule has 3 rings (SSSR count). The molecular formula is C21H22ClN3O2. The number of aryl methyl sites for hydroxylation is 3. The number of rotatable bonds is 5. The smallest absolute Gasteiger partial charge is 0.279 e. The lowest BCUT2D eigenvalue weighted by atomic mass is 10.1. The minimum absolute atomic E-state index is 0.163. The van der Waals surface area contributed by atoms with E-state index in [-0.39, 0.29) is 17.5 Å². The van der Waals surface area contributed by atoms with Crippen LogP contribution >= 0.6 is 11.6 Å². The van der Waals surface area contributed by atoms with Gasteiger partial charge in [0, 0.05) is 10.7 Å². The van der Waals surface area contributed by atoms with Gasteiger partial charge < -0.3 is 10.1 Å². The number of carbonyl (C=O) groups excluding carboxylic acids is 1. The van der Waals surface area contributed by atoms with Crippen molar-refractivity contribution in [3.8, 4) is 5.88 Å². The number of anilines is 1. The lowest BCUT2D eigenvalue weighted by Crippen LogP contribution is -2.17. The van der Waals surface area contributed by atoms with Crippen molar-refractivity contribution in [1.29, 1.82) is 0 Å². The first-order valence-corrected chi connectivity index (χ1v) is 9.26. The van der Waals surface area contributed by atoms with Gasteiger partial charge >= 0.3 is 0 Å². The van der Waals surface area contributed by atoms with Crippen LogP contribution in [0.25, 0.3) is 11.0 Å². The van der Waals surface area contributed by atoms with E-state index in [0.717, 1.165) is 23.1 Å². The van der Waals surface area contributed by atoms with Crippen LogP contribution in [0.4, 0.5) is 5.69 Å². The zero-order chi connectivity index (χ0) is 19.6. The van der Waals surface area contributed by atoms with Gasteiger partial charge in [-0.05, 0) is 68.1 Å². The van der Waals surface area contributed by atoms with Gasteiger partial charge in [0.2, 0.25) is 5.88 Å². The molecule has 140 valence electrons. The van der Waals surface area contributed by atoms with E-state index in [2.05, 4.69) is 15.3 Å². The molecule has 1 amide bonds. The lowest BCUT2D eigenvalue weighted by Gasteiger charge is -2.12. The minimum atomic E-state index is -0.381. The van der Waals surface area contributed by atoms with E-state index in [1.807, 2.05) is 45.9 Å². The predicted molar refractivity (Wildman–Crippen MR) is 109 cm³/mol. The third-order valence-corrected chi connectivity index (χ3v) is 4.74. The van der Waals surface area contributed by atoms with E-state index in [9.17, 15) is 4.79 Å². The molecule has 5 nitrogen and oxygen atoms in total. The number of amides is 1. The van der Waals surface area contributed by atoms with E-state index >= 15 is 0 Å². The van der Waals surface area contributed by atoms with Crippen molar-refractivity contribution in [2.24, 2.45) is 0 Å². The molecular weight excluding hydrogens is 362 g/mol. The first-order chi connectivity index (χ1) is 12.9. The Morgan fingerprint density at radius 3 is 2.33 bits per heavy atom. The number of benzene rings is 2. The highest BCUT2D eigenvalue weighted by Crippen LogP contribution is 2.24. The highest BCUT2D eigenvalue weighted by Gasteiger charge is 2.19. The quantitative estimate of drug-likeness (QED) is 0.653. The average Bonchev–Trinajstić information content (AvgIpc) is 2.63. The second kappa shape index (κ2) is 7.92. The topological polar surface area (TPSA) is 64.1 Å². The highest BCUT2D eigenvalue weighted by atomic mass is 35.5. The number of nitrogens with one attached hydrogen (secondary N) is 1. The Balaban J connectivity index is 2.02. The van der Waals surface area contributed by atoms with Gasteiger partial charge in [-0.15, -0.1) is 0 Å². The number of hydrogen-bond acceptors (Lipinski definition) is 4. The largest absolute Gasteiger partial charge is 0.476 e. The van der Waals surface area contributed by atoms with Crippen LogP contribution in [0.5, 0.6) is 5.88 Å². The Morgan fingerprint density at radius 2 is 1.70 bits per heavy atom. The van der Waals surface area contributed by atoms with Crippen LogP contribution in [-0.2, 0) is 0 Å². The maximum atomic E-state index is 12.9. The first kappa shape index (κ1) is 19.1. The monoisotopic (exact) mass is 383 g/mol. The number of halogens is 1. The number of hydrogen-bond donors (Lipinski definition) is 1. The summed E-state index contributed by atoms with van der Waals surface area (Å²) in [5.74, 6) is -0.142. The Kier molecular flexibility index (Phi) is 5.61. The third kappa shape index (κ3) is 4.19. The number of nitrogens with zero attached hydrogens (tertiary/aromatic N) is 2. The summed E-state index contributed by atoms with van der Waals surface area (Å²) in [6.45, 7) is 8.39. The molecule has 1 heterocycles. The van der Waals surface area contributed by atoms with Crippen molar-refractivity contribution in [1.82, 2.24) is 9.97 Å². The van der Waals surface area contributed by atoms with Crippen molar-refractivity contribution < 1.29 is 9.53 Å². The summed E-state index contributed by atoms with van der Waals surface area (Å²) in [6.07, 6.45) is 0.807. The second-order valence-electron chi connectivity index (χ2n) is 6.57. The van der Waals surface area contributed by atoms with Crippen LogP contribution < -0.4 is 10.1 Å². The summed E-state index contributed by atoms with van der Waals surface area (Å²) in [7, 11) is 0. The summed E-state index contributed by atoms with van der Waals surface area (Å²) in [6, 6.07) is 9.25. The van der Waals surface area contributed by atoms with Gasteiger partial charge in [-0.3, -0.25) is 4.79 Å². The van der Waals surface area contributed by atoms with E-state index in [1.165, 1.54) is 0 Å². The van der Waals surface area contributed by atoms with Gasteiger partial charge in [0.15, 0.2) is 5.69 Å². The van der Waals surface area contributed by atoms with Crippen LogP contribution in [0.15, 0.2) is 30.3 Å². The maximum Gasteiger partial charge on any atom is 0.279 e. The van der Waals surface area contributed by atoms with Crippen LogP contribution in [0.2, 0.25) is 5.02 Å². The van der Waals surface area contributed by atoms with Gasteiger partial charge in [0.05, 0.1) is 17.6 Å². The van der Waals surface area contributed by atoms with Crippen molar-refractivity contribution in [2.45, 2.75) is 34.1 Å². The molecule has 0 atom stereocenters. The molecule has 27 heavy (non-hydrogen) atoms. The molecule has 1 aromatic heterocycles. The van der Waals surface area contributed by atoms with E-state index in [4.69, 9.17) is 16.3 Å². The molecule has 0 saturated heterocycles. The van der Waals surface area contributed by atoms with Gasteiger partial charge in [-0.1, -0.05) is 24.6 Å². The van der Waals surface area contributed by atoms with E-state index in [1.54, 1.807) is 12.1 Å². The van der Waals surface area contributed by atoms with Crippen molar-refractivity contribution >= 4 is 34.2 Å². The van der Waals surface area contributed by atoms with E-state index < -0.39 is 0 Å². The van der Waals surface area contributed by atoms with Gasteiger partial charge in [-0.25, -0.2) is 9.97 Å². The number of aromatic nitrogens is 2. The Hall–Kier alpha value is -2.66. The fourth-order valence-corrected chi connectivity index (χ4v) is 2.78. The van der Waals surface area contributed by atoms with Crippen LogP contribution in [0, 0.1) is 20.8 Å².